The summed E-state index contributed by atoms with van der Waals surface area (Å²) in [5, 5.41) is 3.72. The molecule has 0 fully saturated rings. The highest BCUT2D eigenvalue weighted by atomic mass is 35.5. The minimum Gasteiger partial charge on any atom is -0.455 e. The lowest BCUT2D eigenvalue weighted by Crippen LogP contribution is -1.92. The molecule has 0 bridgehead atoms. The molecule has 2 rings (SSSR count). The topological polar surface area (TPSA) is 34.2 Å². The molecule has 1 aromatic carbocycles. The fourth-order valence-electron chi connectivity index (χ4n) is 1.47. The Morgan fingerprint density at radius 3 is 2.76 bits per heavy atom. The number of hydrogen-bond donors (Lipinski definition) is 1. The van der Waals surface area contributed by atoms with Gasteiger partial charge in [0, 0.05) is 18.1 Å². The third-order valence-corrected chi connectivity index (χ3v) is 2.60. The molecule has 1 N–H and O–H groups in total. The highest BCUT2D eigenvalue weighted by Gasteiger charge is 2.03. The van der Waals surface area contributed by atoms with Gasteiger partial charge in [0.1, 0.15) is 11.5 Å². The quantitative estimate of drug-likeness (QED) is 0.895. The molecule has 0 spiro atoms. The first-order valence-electron chi connectivity index (χ1n) is 5.26. The molecule has 0 unspecified atom stereocenters. The minimum atomic E-state index is 0.697. The Labute approximate surface area is 105 Å². The second-order valence-corrected chi connectivity index (χ2v) is 4.11. The Morgan fingerprint density at radius 1 is 1.24 bits per heavy atom. The Bertz CT molecular complexity index is 529. The average Bonchev–Trinajstić information content (AvgIpc) is 2.33. The first-order chi connectivity index (χ1) is 8.19. The zero-order chi connectivity index (χ0) is 12.3. The summed E-state index contributed by atoms with van der Waals surface area (Å²) in [6.45, 7) is 1.95. The molecule has 0 atom stereocenters. The molecule has 2 aromatic rings. The molecule has 0 saturated carbocycles. The summed E-state index contributed by atoms with van der Waals surface area (Å²) in [7, 11) is 1.84. The van der Waals surface area contributed by atoms with Crippen LogP contribution in [0.1, 0.15) is 5.56 Å². The monoisotopic (exact) mass is 248 g/mol. The Morgan fingerprint density at radius 2 is 2.06 bits per heavy atom. The van der Waals surface area contributed by atoms with Gasteiger partial charge in [0.25, 0.3) is 0 Å². The van der Waals surface area contributed by atoms with Crippen molar-refractivity contribution < 1.29 is 4.74 Å². The summed E-state index contributed by atoms with van der Waals surface area (Å²) in [6.07, 6.45) is 3.41. The van der Waals surface area contributed by atoms with Gasteiger partial charge in [-0.15, -0.1) is 0 Å². The van der Waals surface area contributed by atoms with E-state index in [1.165, 1.54) is 0 Å². The van der Waals surface area contributed by atoms with E-state index >= 15 is 0 Å². The van der Waals surface area contributed by atoms with Crippen LogP contribution in [0.2, 0.25) is 5.02 Å². The van der Waals surface area contributed by atoms with Gasteiger partial charge in [-0.25, -0.2) is 0 Å². The molecule has 0 amide bonds. The van der Waals surface area contributed by atoms with Gasteiger partial charge in [0.2, 0.25) is 0 Å². The largest absolute Gasteiger partial charge is 0.455 e. The van der Waals surface area contributed by atoms with Gasteiger partial charge < -0.3 is 10.1 Å². The molecule has 88 valence electrons. The normalized spacial score (nSPS) is 10.1. The molecular weight excluding hydrogens is 236 g/mol. The number of anilines is 1. The van der Waals surface area contributed by atoms with Crippen LogP contribution in [0.25, 0.3) is 0 Å². The molecule has 4 heteroatoms. The van der Waals surface area contributed by atoms with Crippen molar-refractivity contribution in [2.45, 2.75) is 6.92 Å². The van der Waals surface area contributed by atoms with E-state index in [2.05, 4.69) is 10.3 Å². The molecule has 17 heavy (non-hydrogen) atoms. The van der Waals surface area contributed by atoms with E-state index in [9.17, 15) is 0 Å². The number of aryl methyl sites for hydroxylation is 1. The van der Waals surface area contributed by atoms with E-state index in [0.717, 1.165) is 17.0 Å². The van der Waals surface area contributed by atoms with E-state index in [1.807, 2.05) is 32.2 Å². The molecule has 0 aliphatic carbocycles. The zero-order valence-electron chi connectivity index (χ0n) is 9.70. The summed E-state index contributed by atoms with van der Waals surface area (Å²) in [5.41, 5.74) is 1.90. The summed E-state index contributed by atoms with van der Waals surface area (Å²) in [4.78, 5) is 4.09. The second-order valence-electron chi connectivity index (χ2n) is 3.67. The number of nitrogens with zero attached hydrogens (tertiary/aromatic N) is 1. The maximum absolute atomic E-state index is 5.89. The third-order valence-electron chi connectivity index (χ3n) is 2.37. The first-order valence-corrected chi connectivity index (χ1v) is 5.63. The van der Waals surface area contributed by atoms with Crippen molar-refractivity contribution in [3.8, 4) is 11.5 Å². The number of nitrogens with one attached hydrogen (secondary N) is 1. The van der Waals surface area contributed by atoms with Crippen LogP contribution < -0.4 is 10.1 Å². The molecule has 1 heterocycles. The highest BCUT2D eigenvalue weighted by Crippen LogP contribution is 2.27. The van der Waals surface area contributed by atoms with Crippen molar-refractivity contribution in [2.24, 2.45) is 0 Å². The van der Waals surface area contributed by atoms with Crippen molar-refractivity contribution in [3.05, 3.63) is 47.2 Å². The summed E-state index contributed by atoms with van der Waals surface area (Å²) >= 11 is 5.89. The van der Waals surface area contributed by atoms with Crippen molar-refractivity contribution in [1.29, 1.82) is 0 Å². The van der Waals surface area contributed by atoms with Crippen LogP contribution in [0.3, 0.4) is 0 Å². The van der Waals surface area contributed by atoms with E-state index in [4.69, 9.17) is 16.3 Å². The van der Waals surface area contributed by atoms with Gasteiger partial charge in [-0.2, -0.15) is 0 Å². The number of ether oxygens (including phenoxy) is 1. The highest BCUT2D eigenvalue weighted by molar-refractivity contribution is 6.30. The molecule has 1 aromatic heterocycles. The third kappa shape index (κ3) is 2.88. The number of rotatable bonds is 3. The van der Waals surface area contributed by atoms with Crippen LogP contribution in [-0.4, -0.2) is 12.0 Å². The summed E-state index contributed by atoms with van der Waals surface area (Å²) in [6, 6.07) is 7.41. The summed E-state index contributed by atoms with van der Waals surface area (Å²) in [5.74, 6) is 1.48. The molecule has 0 radical (unpaired) electrons. The maximum atomic E-state index is 5.89. The fourth-order valence-corrected chi connectivity index (χ4v) is 1.69. The van der Waals surface area contributed by atoms with E-state index in [0.29, 0.717) is 10.8 Å². The van der Waals surface area contributed by atoms with Crippen molar-refractivity contribution in [3.63, 3.8) is 0 Å². The molecule has 0 aliphatic heterocycles. The van der Waals surface area contributed by atoms with Gasteiger partial charge in [0.15, 0.2) is 0 Å². The standard InChI is InChI=1S/C13H13ClN2O/c1-9-5-10(14)3-4-13(9)17-12-6-11(15-2)7-16-8-12/h3-8,15H,1-2H3. The minimum absolute atomic E-state index is 0.697. The van der Waals surface area contributed by atoms with Crippen molar-refractivity contribution in [2.75, 3.05) is 12.4 Å². The zero-order valence-corrected chi connectivity index (χ0v) is 10.5. The van der Waals surface area contributed by atoms with E-state index in [-0.39, 0.29) is 0 Å². The van der Waals surface area contributed by atoms with Crippen LogP contribution in [0.15, 0.2) is 36.7 Å². The van der Waals surface area contributed by atoms with Crippen LogP contribution in [0.5, 0.6) is 11.5 Å². The molecule has 3 nitrogen and oxygen atoms in total. The van der Waals surface area contributed by atoms with Gasteiger partial charge in [0.05, 0.1) is 18.1 Å². The predicted molar refractivity (Wildman–Crippen MR) is 70.0 cm³/mol. The number of halogens is 1. The molecule has 0 saturated heterocycles. The lowest BCUT2D eigenvalue weighted by Gasteiger charge is -2.09. The second kappa shape index (κ2) is 5.06. The Kier molecular flexibility index (Phi) is 3.49. The smallest absolute Gasteiger partial charge is 0.147 e. The van der Waals surface area contributed by atoms with Crippen molar-refractivity contribution >= 4 is 17.3 Å². The number of pyridine rings is 1. The number of hydrogen-bond acceptors (Lipinski definition) is 3. The Hall–Kier alpha value is -1.74. The number of benzene rings is 1. The van der Waals surface area contributed by atoms with Crippen LogP contribution in [-0.2, 0) is 0 Å². The predicted octanol–water partition coefficient (Wildman–Crippen LogP) is 3.88. The fraction of sp³-hybridized carbons (Fsp3) is 0.154. The summed E-state index contributed by atoms with van der Waals surface area (Å²) < 4.78 is 5.75. The van der Waals surface area contributed by atoms with Gasteiger partial charge in [-0.3, -0.25) is 4.98 Å². The maximum Gasteiger partial charge on any atom is 0.147 e. The van der Waals surface area contributed by atoms with Crippen LogP contribution >= 0.6 is 11.6 Å². The van der Waals surface area contributed by atoms with Gasteiger partial charge >= 0.3 is 0 Å². The lowest BCUT2D eigenvalue weighted by molar-refractivity contribution is 0.477. The SMILES string of the molecule is CNc1cncc(Oc2ccc(Cl)cc2C)c1. The van der Waals surface area contributed by atoms with Crippen LogP contribution in [0, 0.1) is 6.92 Å². The van der Waals surface area contributed by atoms with E-state index < -0.39 is 0 Å². The Balaban J connectivity index is 2.25. The number of aromatic nitrogens is 1. The van der Waals surface area contributed by atoms with Gasteiger partial charge in [-0.05, 0) is 30.7 Å². The lowest BCUT2D eigenvalue weighted by atomic mass is 10.2. The molecular formula is C13H13ClN2O. The van der Waals surface area contributed by atoms with Crippen LogP contribution in [0.4, 0.5) is 5.69 Å². The van der Waals surface area contributed by atoms with Crippen molar-refractivity contribution in [1.82, 2.24) is 4.98 Å². The average molecular weight is 249 g/mol. The first kappa shape index (κ1) is 11.7. The van der Waals surface area contributed by atoms with Gasteiger partial charge in [-0.1, -0.05) is 11.6 Å². The van der Waals surface area contributed by atoms with E-state index in [1.54, 1.807) is 18.5 Å². The molecule has 0 aliphatic rings.